The van der Waals surface area contributed by atoms with Crippen LogP contribution in [-0.2, 0) is 0 Å². The maximum absolute atomic E-state index is 10.7. The molecule has 0 bridgehead atoms. The molecule has 0 amide bonds. The van der Waals surface area contributed by atoms with Crippen LogP contribution in [0.3, 0.4) is 0 Å². The number of hydrogen-bond acceptors (Lipinski definition) is 6. The van der Waals surface area contributed by atoms with Crippen molar-refractivity contribution in [2.24, 2.45) is 5.92 Å². The fraction of sp³-hybridized carbons (Fsp3) is 0.462. The van der Waals surface area contributed by atoms with Gasteiger partial charge in [0.05, 0.1) is 15.1 Å². The van der Waals surface area contributed by atoms with Gasteiger partial charge in [-0.25, -0.2) is 4.98 Å². The molecule has 2 heterocycles. The molecule has 106 valence electrons. The summed E-state index contributed by atoms with van der Waals surface area (Å²) in [6.45, 7) is 3.08. The van der Waals surface area contributed by atoms with Crippen LogP contribution in [0, 0.1) is 16.0 Å². The SMILES string of the molecule is O=[N+]([O-])c1ccc2sc(NCC3CCNCC3)nc2c1. The van der Waals surface area contributed by atoms with Crippen molar-refractivity contribution in [1.82, 2.24) is 10.3 Å². The van der Waals surface area contributed by atoms with Gasteiger partial charge in [-0.3, -0.25) is 10.1 Å². The predicted molar refractivity (Wildman–Crippen MR) is 80.4 cm³/mol. The number of thiazole rings is 1. The number of non-ortho nitro benzene ring substituents is 1. The summed E-state index contributed by atoms with van der Waals surface area (Å²) in [6, 6.07) is 4.82. The number of hydrogen-bond donors (Lipinski definition) is 2. The summed E-state index contributed by atoms with van der Waals surface area (Å²) in [5.41, 5.74) is 0.782. The van der Waals surface area contributed by atoms with Crippen LogP contribution in [0.15, 0.2) is 18.2 Å². The molecule has 1 aromatic heterocycles. The Morgan fingerprint density at radius 1 is 1.45 bits per heavy atom. The summed E-state index contributed by atoms with van der Waals surface area (Å²) in [5, 5.41) is 18.3. The Balaban J connectivity index is 1.70. The number of benzene rings is 1. The Kier molecular flexibility index (Phi) is 3.79. The summed E-state index contributed by atoms with van der Waals surface area (Å²) in [4.78, 5) is 14.8. The molecule has 1 aliphatic rings. The molecule has 0 unspecified atom stereocenters. The molecule has 6 nitrogen and oxygen atoms in total. The highest BCUT2D eigenvalue weighted by Crippen LogP contribution is 2.29. The average molecular weight is 292 g/mol. The van der Waals surface area contributed by atoms with E-state index in [-0.39, 0.29) is 10.6 Å². The minimum absolute atomic E-state index is 0.0905. The second-order valence-corrected chi connectivity index (χ2v) is 6.03. The summed E-state index contributed by atoms with van der Waals surface area (Å²) in [5.74, 6) is 0.678. The molecule has 1 aliphatic heterocycles. The number of nitrogens with one attached hydrogen (secondary N) is 2. The first-order chi connectivity index (χ1) is 9.72. The van der Waals surface area contributed by atoms with Crippen LogP contribution in [-0.4, -0.2) is 29.5 Å². The van der Waals surface area contributed by atoms with Gasteiger partial charge in [-0.15, -0.1) is 0 Å². The molecule has 2 aromatic rings. The van der Waals surface area contributed by atoms with E-state index in [4.69, 9.17) is 0 Å². The lowest BCUT2D eigenvalue weighted by atomic mass is 9.98. The quantitative estimate of drug-likeness (QED) is 0.669. The number of nitro groups is 1. The van der Waals surface area contributed by atoms with Crippen molar-refractivity contribution in [3.05, 3.63) is 28.3 Å². The van der Waals surface area contributed by atoms with Crippen molar-refractivity contribution in [3.8, 4) is 0 Å². The van der Waals surface area contributed by atoms with Gasteiger partial charge < -0.3 is 10.6 Å². The first-order valence-corrected chi connectivity index (χ1v) is 7.53. The summed E-state index contributed by atoms with van der Waals surface area (Å²) in [6.07, 6.45) is 2.37. The van der Waals surface area contributed by atoms with Crippen molar-refractivity contribution in [3.63, 3.8) is 0 Å². The highest BCUT2D eigenvalue weighted by molar-refractivity contribution is 7.22. The van der Waals surface area contributed by atoms with Gasteiger partial charge in [0.2, 0.25) is 0 Å². The van der Waals surface area contributed by atoms with E-state index in [1.54, 1.807) is 17.4 Å². The molecule has 0 radical (unpaired) electrons. The topological polar surface area (TPSA) is 80.1 Å². The molecule has 0 spiro atoms. The van der Waals surface area contributed by atoms with Gasteiger partial charge in [0.25, 0.3) is 5.69 Å². The first kappa shape index (κ1) is 13.3. The van der Waals surface area contributed by atoms with Crippen LogP contribution >= 0.6 is 11.3 Å². The van der Waals surface area contributed by atoms with Gasteiger partial charge >= 0.3 is 0 Å². The van der Waals surface area contributed by atoms with Crippen LogP contribution in [0.2, 0.25) is 0 Å². The molecule has 20 heavy (non-hydrogen) atoms. The second kappa shape index (κ2) is 5.72. The molecular weight excluding hydrogens is 276 g/mol. The molecule has 0 aliphatic carbocycles. The van der Waals surface area contributed by atoms with E-state index in [2.05, 4.69) is 15.6 Å². The molecule has 7 heteroatoms. The maximum Gasteiger partial charge on any atom is 0.271 e. The zero-order valence-corrected chi connectivity index (χ0v) is 11.8. The smallest absolute Gasteiger partial charge is 0.271 e. The Morgan fingerprint density at radius 3 is 3.00 bits per heavy atom. The van der Waals surface area contributed by atoms with Gasteiger partial charge in [0.15, 0.2) is 5.13 Å². The standard InChI is InChI=1S/C13H16N4O2S/c18-17(19)10-1-2-12-11(7-10)16-13(20-12)15-8-9-3-5-14-6-4-9/h1-2,7,9,14H,3-6,8H2,(H,15,16). The van der Waals surface area contributed by atoms with Crippen LogP contribution in [0.4, 0.5) is 10.8 Å². The van der Waals surface area contributed by atoms with Crippen molar-refractivity contribution >= 4 is 32.4 Å². The maximum atomic E-state index is 10.7. The number of fused-ring (bicyclic) bond motifs is 1. The number of anilines is 1. The monoisotopic (exact) mass is 292 g/mol. The van der Waals surface area contributed by atoms with Crippen molar-refractivity contribution < 1.29 is 4.92 Å². The first-order valence-electron chi connectivity index (χ1n) is 6.72. The van der Waals surface area contributed by atoms with Crippen LogP contribution < -0.4 is 10.6 Å². The molecule has 1 aromatic carbocycles. The van der Waals surface area contributed by atoms with Crippen molar-refractivity contribution in [1.29, 1.82) is 0 Å². The van der Waals surface area contributed by atoms with E-state index in [1.165, 1.54) is 25.0 Å². The molecule has 1 fully saturated rings. The molecule has 2 N–H and O–H groups in total. The summed E-state index contributed by atoms with van der Waals surface area (Å²) < 4.78 is 0.975. The van der Waals surface area contributed by atoms with E-state index in [0.29, 0.717) is 11.4 Å². The Morgan fingerprint density at radius 2 is 2.25 bits per heavy atom. The lowest BCUT2D eigenvalue weighted by molar-refractivity contribution is -0.384. The number of rotatable bonds is 4. The molecular formula is C13H16N4O2S. The highest BCUT2D eigenvalue weighted by Gasteiger charge is 2.14. The summed E-state index contributed by atoms with van der Waals surface area (Å²) >= 11 is 1.55. The van der Waals surface area contributed by atoms with Crippen LogP contribution in [0.1, 0.15) is 12.8 Å². The minimum Gasteiger partial charge on any atom is -0.361 e. The number of nitrogens with zero attached hydrogens (tertiary/aromatic N) is 2. The lowest BCUT2D eigenvalue weighted by Crippen LogP contribution is -2.31. The largest absolute Gasteiger partial charge is 0.361 e. The van der Waals surface area contributed by atoms with Gasteiger partial charge in [0, 0.05) is 18.7 Å². The minimum atomic E-state index is -0.388. The second-order valence-electron chi connectivity index (χ2n) is 5.00. The van der Waals surface area contributed by atoms with Crippen LogP contribution in [0.5, 0.6) is 0 Å². The van der Waals surface area contributed by atoms with Gasteiger partial charge in [0.1, 0.15) is 0 Å². The van der Waals surface area contributed by atoms with E-state index in [0.717, 1.165) is 29.5 Å². The lowest BCUT2D eigenvalue weighted by Gasteiger charge is -2.22. The molecule has 1 saturated heterocycles. The van der Waals surface area contributed by atoms with Crippen molar-refractivity contribution in [2.75, 3.05) is 25.0 Å². The van der Waals surface area contributed by atoms with Gasteiger partial charge in [-0.1, -0.05) is 11.3 Å². The van der Waals surface area contributed by atoms with E-state index < -0.39 is 0 Å². The average Bonchev–Trinajstić information content (AvgIpc) is 2.88. The zero-order chi connectivity index (χ0) is 13.9. The van der Waals surface area contributed by atoms with Gasteiger partial charge in [-0.05, 0) is 37.9 Å². The third-order valence-electron chi connectivity index (χ3n) is 3.58. The Bertz CT molecular complexity index is 622. The zero-order valence-electron chi connectivity index (χ0n) is 11.0. The van der Waals surface area contributed by atoms with E-state index >= 15 is 0 Å². The number of aromatic nitrogens is 1. The predicted octanol–water partition coefficient (Wildman–Crippen LogP) is 2.62. The highest BCUT2D eigenvalue weighted by atomic mass is 32.1. The molecule has 0 saturated carbocycles. The third-order valence-corrected chi connectivity index (χ3v) is 4.58. The third kappa shape index (κ3) is 2.88. The van der Waals surface area contributed by atoms with Crippen molar-refractivity contribution in [2.45, 2.75) is 12.8 Å². The van der Waals surface area contributed by atoms with E-state index in [1.807, 2.05) is 0 Å². The Hall–Kier alpha value is -1.73. The normalized spacial score (nSPS) is 16.4. The number of piperidine rings is 1. The molecule has 3 rings (SSSR count). The fourth-order valence-corrected chi connectivity index (χ4v) is 3.28. The van der Waals surface area contributed by atoms with Crippen LogP contribution in [0.25, 0.3) is 10.2 Å². The van der Waals surface area contributed by atoms with Gasteiger partial charge in [-0.2, -0.15) is 0 Å². The van der Waals surface area contributed by atoms with E-state index in [9.17, 15) is 10.1 Å². The summed E-state index contributed by atoms with van der Waals surface area (Å²) in [7, 11) is 0. The molecule has 0 atom stereocenters. The number of nitro benzene ring substituents is 1. The Labute approximate surface area is 120 Å². The fourth-order valence-electron chi connectivity index (χ4n) is 2.42.